The second-order valence-electron chi connectivity index (χ2n) is 7.76. The summed E-state index contributed by atoms with van der Waals surface area (Å²) >= 11 is 0. The van der Waals surface area contributed by atoms with Crippen LogP contribution in [0.15, 0.2) is 91.0 Å². The lowest BCUT2D eigenvalue weighted by Gasteiger charge is -2.50. The Morgan fingerprint density at radius 2 is 1.16 bits per heavy atom. The zero-order valence-electron chi connectivity index (χ0n) is 18.4. The standard InChI is InChI=1S/C27H33NO3/c1-30-25(20-12-13-21-28)27(29,31-2)26(22-14-6-3-7-15-22,23-16-8-4-9-17-23)24-18-10-5-11-19-24/h3-11,14-19,25,29H,12-13,20-21,28H2,1-2H3. The fourth-order valence-electron chi connectivity index (χ4n) is 4.66. The van der Waals surface area contributed by atoms with Gasteiger partial charge in [-0.2, -0.15) is 0 Å². The topological polar surface area (TPSA) is 64.7 Å². The number of hydrogen-bond acceptors (Lipinski definition) is 4. The zero-order valence-corrected chi connectivity index (χ0v) is 18.4. The highest BCUT2D eigenvalue weighted by Crippen LogP contribution is 2.50. The van der Waals surface area contributed by atoms with E-state index >= 15 is 0 Å². The van der Waals surface area contributed by atoms with E-state index in [2.05, 4.69) is 0 Å². The van der Waals surface area contributed by atoms with Gasteiger partial charge in [-0.05, 0) is 42.5 Å². The zero-order chi connectivity index (χ0) is 22.2. The van der Waals surface area contributed by atoms with Crippen molar-refractivity contribution >= 4 is 0 Å². The number of nitrogens with two attached hydrogens (primary N) is 1. The summed E-state index contributed by atoms with van der Waals surface area (Å²) in [7, 11) is 3.18. The molecule has 3 rings (SSSR count). The number of aliphatic hydroxyl groups is 1. The van der Waals surface area contributed by atoms with Gasteiger partial charge in [0.05, 0.1) is 0 Å². The van der Waals surface area contributed by atoms with Crippen LogP contribution in [-0.2, 0) is 14.9 Å². The largest absolute Gasteiger partial charge is 0.376 e. The van der Waals surface area contributed by atoms with Crippen molar-refractivity contribution in [2.24, 2.45) is 5.73 Å². The van der Waals surface area contributed by atoms with Crippen LogP contribution in [-0.4, -0.2) is 37.8 Å². The second-order valence-corrected chi connectivity index (χ2v) is 7.76. The van der Waals surface area contributed by atoms with Crippen LogP contribution in [0.4, 0.5) is 0 Å². The highest BCUT2D eigenvalue weighted by molar-refractivity contribution is 5.53. The van der Waals surface area contributed by atoms with Gasteiger partial charge in [0.2, 0.25) is 5.79 Å². The summed E-state index contributed by atoms with van der Waals surface area (Å²) in [6.45, 7) is 0.600. The number of ether oxygens (including phenoxy) is 2. The molecule has 0 aliphatic carbocycles. The summed E-state index contributed by atoms with van der Waals surface area (Å²) in [5.74, 6) is -1.68. The molecule has 0 aromatic heterocycles. The maximum Gasteiger partial charge on any atom is 0.210 e. The molecule has 0 spiro atoms. The van der Waals surface area contributed by atoms with Gasteiger partial charge in [-0.3, -0.25) is 0 Å². The van der Waals surface area contributed by atoms with E-state index in [0.29, 0.717) is 13.0 Å². The van der Waals surface area contributed by atoms with Crippen molar-refractivity contribution in [3.63, 3.8) is 0 Å². The molecule has 3 N–H and O–H groups in total. The number of unbranched alkanes of at least 4 members (excludes halogenated alkanes) is 1. The van der Waals surface area contributed by atoms with Gasteiger partial charge in [-0.25, -0.2) is 0 Å². The normalized spacial score (nSPS) is 14.7. The second kappa shape index (κ2) is 10.7. The van der Waals surface area contributed by atoms with Gasteiger partial charge in [0.15, 0.2) is 0 Å². The monoisotopic (exact) mass is 419 g/mol. The fraction of sp³-hybridized carbons (Fsp3) is 0.333. The number of rotatable bonds is 11. The van der Waals surface area contributed by atoms with Gasteiger partial charge in [-0.1, -0.05) is 91.0 Å². The Morgan fingerprint density at radius 1 is 0.742 bits per heavy atom. The molecule has 31 heavy (non-hydrogen) atoms. The molecule has 0 bridgehead atoms. The minimum absolute atomic E-state index is 0.579. The van der Waals surface area contributed by atoms with Crippen LogP contribution in [0.25, 0.3) is 0 Å². The van der Waals surface area contributed by atoms with Crippen molar-refractivity contribution in [1.82, 2.24) is 0 Å². The van der Waals surface area contributed by atoms with E-state index in [4.69, 9.17) is 15.2 Å². The van der Waals surface area contributed by atoms with Gasteiger partial charge in [0.1, 0.15) is 11.5 Å². The van der Waals surface area contributed by atoms with E-state index in [1.807, 2.05) is 91.0 Å². The first-order valence-corrected chi connectivity index (χ1v) is 10.8. The van der Waals surface area contributed by atoms with E-state index in [1.54, 1.807) is 14.2 Å². The molecule has 0 saturated heterocycles. The van der Waals surface area contributed by atoms with Gasteiger partial charge >= 0.3 is 0 Å². The summed E-state index contributed by atoms with van der Waals surface area (Å²) in [4.78, 5) is 0. The molecular weight excluding hydrogens is 386 g/mol. The Labute approximate surface area is 185 Å². The predicted molar refractivity (Wildman–Crippen MR) is 125 cm³/mol. The van der Waals surface area contributed by atoms with Gasteiger partial charge in [0, 0.05) is 14.2 Å². The van der Waals surface area contributed by atoms with Crippen molar-refractivity contribution in [3.8, 4) is 0 Å². The van der Waals surface area contributed by atoms with Crippen LogP contribution in [0.5, 0.6) is 0 Å². The molecule has 0 fully saturated rings. The third-order valence-electron chi connectivity index (χ3n) is 6.11. The Hall–Kier alpha value is -2.50. The highest BCUT2D eigenvalue weighted by Gasteiger charge is 2.59. The van der Waals surface area contributed by atoms with Gasteiger partial charge in [-0.15, -0.1) is 0 Å². The number of methoxy groups -OCH3 is 2. The quantitative estimate of drug-likeness (QED) is 0.273. The molecule has 0 amide bonds. The summed E-state index contributed by atoms with van der Waals surface area (Å²) in [5, 5.41) is 12.5. The molecule has 2 atom stereocenters. The highest BCUT2D eigenvalue weighted by atomic mass is 16.6. The average molecular weight is 420 g/mol. The lowest BCUT2D eigenvalue weighted by Crippen LogP contribution is -2.62. The Balaban J connectivity index is 2.35. The van der Waals surface area contributed by atoms with Crippen LogP contribution in [0.2, 0.25) is 0 Å². The van der Waals surface area contributed by atoms with E-state index in [9.17, 15) is 5.11 Å². The van der Waals surface area contributed by atoms with Crippen LogP contribution in [0.3, 0.4) is 0 Å². The molecule has 0 heterocycles. The Kier molecular flexibility index (Phi) is 7.99. The van der Waals surface area contributed by atoms with Gasteiger partial charge in [0.25, 0.3) is 0 Å². The number of hydrogen-bond donors (Lipinski definition) is 2. The first-order valence-electron chi connectivity index (χ1n) is 10.8. The molecule has 4 nitrogen and oxygen atoms in total. The Bertz CT molecular complexity index is 805. The molecule has 0 aliphatic rings. The van der Waals surface area contributed by atoms with Crippen molar-refractivity contribution in [3.05, 3.63) is 108 Å². The average Bonchev–Trinajstić information content (AvgIpc) is 2.84. The molecule has 3 aromatic carbocycles. The predicted octanol–water partition coefficient (Wildman–Crippen LogP) is 4.50. The first-order chi connectivity index (χ1) is 15.1. The molecule has 0 aliphatic heterocycles. The minimum atomic E-state index is -1.68. The molecule has 0 radical (unpaired) electrons. The third kappa shape index (κ3) is 4.30. The van der Waals surface area contributed by atoms with E-state index in [-0.39, 0.29) is 0 Å². The van der Waals surface area contributed by atoms with Crippen LogP contribution >= 0.6 is 0 Å². The van der Waals surface area contributed by atoms with Crippen molar-refractivity contribution in [1.29, 1.82) is 0 Å². The maximum absolute atomic E-state index is 12.5. The van der Waals surface area contributed by atoms with Crippen LogP contribution < -0.4 is 5.73 Å². The molecular formula is C27H33NO3. The minimum Gasteiger partial charge on any atom is -0.376 e. The van der Waals surface area contributed by atoms with Crippen LogP contribution in [0.1, 0.15) is 36.0 Å². The summed E-state index contributed by atoms with van der Waals surface area (Å²) in [5.41, 5.74) is 7.49. The van der Waals surface area contributed by atoms with Crippen LogP contribution in [0, 0.1) is 0 Å². The third-order valence-corrected chi connectivity index (χ3v) is 6.11. The van der Waals surface area contributed by atoms with Crippen molar-refractivity contribution in [2.75, 3.05) is 20.8 Å². The molecule has 3 aromatic rings. The fourth-order valence-corrected chi connectivity index (χ4v) is 4.66. The molecule has 2 unspecified atom stereocenters. The van der Waals surface area contributed by atoms with Crippen molar-refractivity contribution in [2.45, 2.75) is 36.6 Å². The lowest BCUT2D eigenvalue weighted by atomic mass is 9.62. The van der Waals surface area contributed by atoms with E-state index < -0.39 is 17.3 Å². The summed E-state index contributed by atoms with van der Waals surface area (Å²) in [6.07, 6.45) is 1.72. The first kappa shape index (κ1) is 23.2. The van der Waals surface area contributed by atoms with E-state index in [1.165, 1.54) is 0 Å². The molecule has 4 heteroatoms. The summed E-state index contributed by atoms with van der Waals surface area (Å²) in [6, 6.07) is 30.1. The number of benzene rings is 3. The molecule has 164 valence electrons. The maximum atomic E-state index is 12.5. The smallest absolute Gasteiger partial charge is 0.210 e. The SMILES string of the molecule is COC(CCCCN)C(O)(OC)C(c1ccccc1)(c1ccccc1)c1ccccc1. The van der Waals surface area contributed by atoms with E-state index in [0.717, 1.165) is 29.5 Å². The summed E-state index contributed by atoms with van der Waals surface area (Å²) < 4.78 is 12.0. The molecule has 0 saturated carbocycles. The van der Waals surface area contributed by atoms with Crippen molar-refractivity contribution < 1.29 is 14.6 Å². The lowest BCUT2D eigenvalue weighted by molar-refractivity contribution is -0.275. The van der Waals surface area contributed by atoms with Gasteiger partial charge < -0.3 is 20.3 Å². The Morgan fingerprint density at radius 3 is 1.48 bits per heavy atom.